The minimum Gasteiger partial charge on any atom is -0.496 e. The van der Waals surface area contributed by atoms with Crippen LogP contribution in [0.1, 0.15) is 5.56 Å². The van der Waals surface area contributed by atoms with Gasteiger partial charge in [0.1, 0.15) is 5.75 Å². The SMILES string of the molecule is COc1cc(N=S(=O)=O)ccc1CCN. The molecule has 0 aliphatic heterocycles. The molecule has 0 radical (unpaired) electrons. The molecule has 15 heavy (non-hydrogen) atoms. The topological polar surface area (TPSA) is 81.8 Å². The monoisotopic (exact) mass is 228 g/mol. The van der Waals surface area contributed by atoms with Crippen LogP contribution in [0.15, 0.2) is 22.6 Å². The highest BCUT2D eigenvalue weighted by Crippen LogP contribution is 2.25. The van der Waals surface area contributed by atoms with E-state index in [-0.39, 0.29) is 0 Å². The Morgan fingerprint density at radius 1 is 1.47 bits per heavy atom. The normalized spacial score (nSPS) is 9.73. The maximum atomic E-state index is 10.4. The zero-order chi connectivity index (χ0) is 11.3. The number of methoxy groups -OCH3 is 1. The van der Waals surface area contributed by atoms with Crippen molar-refractivity contribution in [3.63, 3.8) is 0 Å². The number of hydrogen-bond acceptors (Lipinski definition) is 5. The second-order valence-corrected chi connectivity index (χ2v) is 3.46. The molecule has 0 aliphatic rings. The molecule has 82 valence electrons. The molecule has 0 amide bonds. The predicted octanol–water partition coefficient (Wildman–Crippen LogP) is 0.891. The zero-order valence-electron chi connectivity index (χ0n) is 8.30. The van der Waals surface area contributed by atoms with Gasteiger partial charge in [-0.05, 0) is 24.6 Å². The fraction of sp³-hybridized carbons (Fsp3) is 0.333. The maximum absolute atomic E-state index is 10.4. The van der Waals surface area contributed by atoms with E-state index in [0.29, 0.717) is 24.4 Å². The maximum Gasteiger partial charge on any atom is 0.316 e. The largest absolute Gasteiger partial charge is 0.496 e. The Morgan fingerprint density at radius 2 is 2.20 bits per heavy atom. The van der Waals surface area contributed by atoms with Gasteiger partial charge in [-0.1, -0.05) is 6.07 Å². The number of nitrogens with two attached hydrogens (primary N) is 1. The van der Waals surface area contributed by atoms with Crippen molar-refractivity contribution in [2.75, 3.05) is 13.7 Å². The number of ether oxygens (including phenoxy) is 1. The van der Waals surface area contributed by atoms with E-state index in [4.69, 9.17) is 10.5 Å². The first kappa shape index (κ1) is 11.7. The van der Waals surface area contributed by atoms with E-state index in [1.165, 1.54) is 7.11 Å². The molecule has 0 saturated heterocycles. The van der Waals surface area contributed by atoms with Crippen molar-refractivity contribution in [2.24, 2.45) is 10.1 Å². The van der Waals surface area contributed by atoms with Crippen LogP contribution >= 0.6 is 0 Å². The lowest BCUT2D eigenvalue weighted by molar-refractivity contribution is 0.410. The van der Waals surface area contributed by atoms with Crippen LogP contribution in [0.2, 0.25) is 0 Å². The molecule has 0 unspecified atom stereocenters. The van der Waals surface area contributed by atoms with Crippen LogP contribution in [0.25, 0.3) is 0 Å². The molecule has 6 heteroatoms. The molecule has 1 rings (SSSR count). The predicted molar refractivity (Wildman–Crippen MR) is 56.8 cm³/mol. The summed E-state index contributed by atoms with van der Waals surface area (Å²) in [5, 5.41) is 0. The lowest BCUT2D eigenvalue weighted by Crippen LogP contribution is -2.03. The molecule has 0 spiro atoms. The third-order valence-electron chi connectivity index (χ3n) is 1.86. The van der Waals surface area contributed by atoms with Crippen LogP contribution in [0, 0.1) is 0 Å². The Bertz CT molecular complexity index is 460. The Kier molecular flexibility index (Phi) is 4.26. The van der Waals surface area contributed by atoms with E-state index < -0.39 is 10.5 Å². The van der Waals surface area contributed by atoms with E-state index in [1.807, 2.05) is 0 Å². The summed E-state index contributed by atoms with van der Waals surface area (Å²) < 4.78 is 29.2. The Labute approximate surface area is 89.6 Å². The van der Waals surface area contributed by atoms with Gasteiger partial charge in [0.05, 0.1) is 12.8 Å². The third-order valence-corrected chi connectivity index (χ3v) is 2.22. The summed E-state index contributed by atoms with van der Waals surface area (Å²) in [6, 6.07) is 4.95. The van der Waals surface area contributed by atoms with Crippen LogP contribution < -0.4 is 10.5 Å². The number of nitrogens with zero attached hydrogens (tertiary/aromatic N) is 1. The molecular formula is C9H12N2O3S. The molecule has 0 saturated carbocycles. The van der Waals surface area contributed by atoms with Crippen molar-refractivity contribution < 1.29 is 13.2 Å². The highest BCUT2D eigenvalue weighted by molar-refractivity contribution is 7.61. The van der Waals surface area contributed by atoms with Gasteiger partial charge >= 0.3 is 10.5 Å². The number of benzene rings is 1. The van der Waals surface area contributed by atoms with Crippen molar-refractivity contribution >= 4 is 16.2 Å². The minimum atomic E-state index is -2.44. The second kappa shape index (κ2) is 5.47. The summed E-state index contributed by atoms with van der Waals surface area (Å²) in [4.78, 5) is 0. The average Bonchev–Trinajstić information content (AvgIpc) is 2.20. The molecule has 0 heterocycles. The first-order valence-electron chi connectivity index (χ1n) is 4.35. The molecule has 2 N–H and O–H groups in total. The van der Waals surface area contributed by atoms with Gasteiger partial charge in [-0.2, -0.15) is 8.42 Å². The molecule has 0 aromatic heterocycles. The van der Waals surface area contributed by atoms with E-state index in [0.717, 1.165) is 5.56 Å². The van der Waals surface area contributed by atoms with Gasteiger partial charge in [0.25, 0.3) is 0 Å². The Morgan fingerprint density at radius 3 is 2.73 bits per heavy atom. The summed E-state index contributed by atoms with van der Waals surface area (Å²) in [6.07, 6.45) is 0.684. The smallest absolute Gasteiger partial charge is 0.316 e. The van der Waals surface area contributed by atoms with Crippen molar-refractivity contribution in [3.8, 4) is 5.75 Å². The summed E-state index contributed by atoms with van der Waals surface area (Å²) in [5.41, 5.74) is 6.71. The number of rotatable bonds is 4. The Hall–Kier alpha value is -1.40. The van der Waals surface area contributed by atoms with Crippen LogP contribution in [0.5, 0.6) is 5.75 Å². The highest BCUT2D eigenvalue weighted by Gasteiger charge is 2.03. The van der Waals surface area contributed by atoms with Crippen LogP contribution in [0.4, 0.5) is 5.69 Å². The lowest BCUT2D eigenvalue weighted by atomic mass is 10.1. The molecule has 0 bridgehead atoms. The molecule has 0 aliphatic carbocycles. The fourth-order valence-electron chi connectivity index (χ4n) is 1.24. The minimum absolute atomic E-state index is 0.348. The summed E-state index contributed by atoms with van der Waals surface area (Å²) in [5.74, 6) is 0.604. The van der Waals surface area contributed by atoms with Crippen molar-refractivity contribution in [1.82, 2.24) is 0 Å². The molecule has 5 nitrogen and oxygen atoms in total. The van der Waals surface area contributed by atoms with E-state index in [9.17, 15) is 8.42 Å². The lowest BCUT2D eigenvalue weighted by Gasteiger charge is -2.07. The van der Waals surface area contributed by atoms with Gasteiger partial charge < -0.3 is 10.5 Å². The van der Waals surface area contributed by atoms with Crippen LogP contribution in [-0.2, 0) is 16.9 Å². The Balaban J connectivity index is 3.12. The summed E-state index contributed by atoms with van der Waals surface area (Å²) >= 11 is 0. The zero-order valence-corrected chi connectivity index (χ0v) is 9.12. The summed E-state index contributed by atoms with van der Waals surface area (Å²) in [7, 11) is -0.921. The average molecular weight is 228 g/mol. The fourth-order valence-corrected chi connectivity index (χ4v) is 1.52. The molecule has 0 atom stereocenters. The van der Waals surface area contributed by atoms with E-state index in [1.54, 1.807) is 18.2 Å². The number of hydrogen-bond donors (Lipinski definition) is 1. The molecule has 0 fully saturated rings. The standard InChI is InChI=1S/C9H12N2O3S/c1-14-9-6-8(11-15(12)13)3-2-7(9)4-5-10/h2-3,6H,4-5,10H2,1H3. The van der Waals surface area contributed by atoms with E-state index >= 15 is 0 Å². The quantitative estimate of drug-likeness (QED) is 0.829. The van der Waals surface area contributed by atoms with Crippen LogP contribution in [0.3, 0.4) is 0 Å². The first-order valence-corrected chi connectivity index (χ1v) is 5.38. The second-order valence-electron chi connectivity index (χ2n) is 2.84. The molecular weight excluding hydrogens is 216 g/mol. The van der Waals surface area contributed by atoms with Gasteiger partial charge in [0.2, 0.25) is 0 Å². The van der Waals surface area contributed by atoms with Gasteiger partial charge in [0.15, 0.2) is 0 Å². The van der Waals surface area contributed by atoms with Crippen molar-refractivity contribution in [1.29, 1.82) is 0 Å². The van der Waals surface area contributed by atoms with Crippen LogP contribution in [-0.4, -0.2) is 22.1 Å². The van der Waals surface area contributed by atoms with Gasteiger partial charge in [-0.15, -0.1) is 4.36 Å². The summed E-state index contributed by atoms with van der Waals surface area (Å²) in [6.45, 7) is 0.514. The molecule has 1 aromatic carbocycles. The van der Waals surface area contributed by atoms with Gasteiger partial charge in [0, 0.05) is 6.07 Å². The third kappa shape index (κ3) is 3.34. The van der Waals surface area contributed by atoms with Crippen molar-refractivity contribution in [2.45, 2.75) is 6.42 Å². The highest BCUT2D eigenvalue weighted by atomic mass is 32.2. The van der Waals surface area contributed by atoms with Gasteiger partial charge in [-0.3, -0.25) is 0 Å². The first-order chi connectivity index (χ1) is 7.17. The molecule has 1 aromatic rings. The van der Waals surface area contributed by atoms with Crippen molar-refractivity contribution in [3.05, 3.63) is 23.8 Å². The van der Waals surface area contributed by atoms with Gasteiger partial charge in [-0.25, -0.2) is 0 Å². The van der Waals surface area contributed by atoms with E-state index in [2.05, 4.69) is 4.36 Å².